The fraction of sp³-hybridized carbons (Fsp3) is 0.538. The van der Waals surface area contributed by atoms with E-state index >= 15 is 0 Å². The summed E-state index contributed by atoms with van der Waals surface area (Å²) in [5.74, 6) is 1.12. The molecule has 1 aromatic rings. The van der Waals surface area contributed by atoms with Crippen molar-refractivity contribution in [2.75, 3.05) is 30.8 Å². The SMILES string of the molecule is Clc1ccccc1NCCSC1CCOCC1. The summed E-state index contributed by atoms with van der Waals surface area (Å²) < 4.78 is 5.34. The van der Waals surface area contributed by atoms with Crippen molar-refractivity contribution < 1.29 is 4.74 Å². The highest BCUT2D eigenvalue weighted by molar-refractivity contribution is 7.99. The molecule has 4 heteroatoms. The third-order valence-corrected chi connectivity index (χ3v) is 4.53. The maximum absolute atomic E-state index is 6.07. The Morgan fingerprint density at radius 3 is 2.82 bits per heavy atom. The predicted molar refractivity (Wildman–Crippen MR) is 76.2 cm³/mol. The van der Waals surface area contributed by atoms with Crippen LogP contribution in [0.15, 0.2) is 24.3 Å². The number of ether oxygens (including phenoxy) is 1. The zero-order valence-electron chi connectivity index (χ0n) is 9.82. The Hall–Kier alpha value is -0.380. The van der Waals surface area contributed by atoms with E-state index in [0.29, 0.717) is 0 Å². The minimum Gasteiger partial charge on any atom is -0.383 e. The number of para-hydroxylation sites is 1. The summed E-state index contributed by atoms with van der Waals surface area (Å²) in [6, 6.07) is 7.88. The molecule has 0 saturated carbocycles. The van der Waals surface area contributed by atoms with Crippen molar-refractivity contribution in [1.82, 2.24) is 0 Å². The van der Waals surface area contributed by atoms with Crippen LogP contribution in [0.3, 0.4) is 0 Å². The molecule has 1 heterocycles. The summed E-state index contributed by atoms with van der Waals surface area (Å²) in [4.78, 5) is 0. The highest BCUT2D eigenvalue weighted by Crippen LogP contribution is 2.23. The number of rotatable bonds is 5. The average molecular weight is 272 g/mol. The van der Waals surface area contributed by atoms with Crippen LogP contribution in [0.2, 0.25) is 5.02 Å². The van der Waals surface area contributed by atoms with Gasteiger partial charge in [-0.1, -0.05) is 23.7 Å². The maximum atomic E-state index is 6.07. The van der Waals surface area contributed by atoms with Crippen molar-refractivity contribution in [3.05, 3.63) is 29.3 Å². The minimum atomic E-state index is 0.775. The number of hydrogen-bond acceptors (Lipinski definition) is 3. The Bertz CT molecular complexity index is 342. The Labute approximate surface area is 112 Å². The van der Waals surface area contributed by atoms with Crippen LogP contribution >= 0.6 is 23.4 Å². The molecule has 0 aliphatic carbocycles. The Balaban J connectivity index is 1.64. The second kappa shape index (κ2) is 7.14. The molecular formula is C13H18ClNOS. The highest BCUT2D eigenvalue weighted by Gasteiger charge is 2.13. The maximum Gasteiger partial charge on any atom is 0.0637 e. The smallest absolute Gasteiger partial charge is 0.0637 e. The van der Waals surface area contributed by atoms with Gasteiger partial charge < -0.3 is 10.1 Å². The van der Waals surface area contributed by atoms with Gasteiger partial charge in [-0.15, -0.1) is 0 Å². The van der Waals surface area contributed by atoms with Crippen molar-refractivity contribution >= 4 is 29.1 Å². The molecule has 17 heavy (non-hydrogen) atoms. The lowest BCUT2D eigenvalue weighted by molar-refractivity contribution is 0.100. The summed E-state index contributed by atoms with van der Waals surface area (Å²) in [5, 5.41) is 4.94. The first-order valence-corrected chi connectivity index (χ1v) is 7.46. The molecule has 2 nitrogen and oxygen atoms in total. The van der Waals surface area contributed by atoms with E-state index < -0.39 is 0 Å². The number of anilines is 1. The van der Waals surface area contributed by atoms with Crippen molar-refractivity contribution in [2.45, 2.75) is 18.1 Å². The summed E-state index contributed by atoms with van der Waals surface area (Å²) in [6.07, 6.45) is 2.38. The number of halogens is 1. The van der Waals surface area contributed by atoms with Gasteiger partial charge in [0.2, 0.25) is 0 Å². The minimum absolute atomic E-state index is 0.775. The normalized spacial score (nSPS) is 17.0. The monoisotopic (exact) mass is 271 g/mol. The quantitative estimate of drug-likeness (QED) is 0.826. The molecule has 0 spiro atoms. The van der Waals surface area contributed by atoms with Crippen molar-refractivity contribution in [2.24, 2.45) is 0 Å². The van der Waals surface area contributed by atoms with E-state index in [1.54, 1.807) is 0 Å². The lowest BCUT2D eigenvalue weighted by Gasteiger charge is -2.21. The van der Waals surface area contributed by atoms with Gasteiger partial charge in [-0.25, -0.2) is 0 Å². The second-order valence-corrected chi connectivity index (χ2v) is 5.90. The van der Waals surface area contributed by atoms with E-state index in [0.717, 1.165) is 41.5 Å². The zero-order chi connectivity index (χ0) is 11.9. The van der Waals surface area contributed by atoms with E-state index in [1.165, 1.54) is 12.8 Å². The molecule has 94 valence electrons. The molecule has 2 rings (SSSR count). The molecule has 0 unspecified atom stereocenters. The lowest BCUT2D eigenvalue weighted by atomic mass is 10.2. The number of hydrogen-bond donors (Lipinski definition) is 1. The zero-order valence-corrected chi connectivity index (χ0v) is 11.4. The van der Waals surface area contributed by atoms with E-state index in [1.807, 2.05) is 36.0 Å². The molecule has 0 atom stereocenters. The van der Waals surface area contributed by atoms with E-state index in [9.17, 15) is 0 Å². The number of thioether (sulfide) groups is 1. The van der Waals surface area contributed by atoms with Gasteiger partial charge in [-0.05, 0) is 25.0 Å². The van der Waals surface area contributed by atoms with Gasteiger partial charge in [0, 0.05) is 30.8 Å². The Kier molecular flexibility index (Phi) is 5.49. The third-order valence-electron chi connectivity index (χ3n) is 2.81. The van der Waals surface area contributed by atoms with Gasteiger partial charge in [0.15, 0.2) is 0 Å². The molecular weight excluding hydrogens is 254 g/mol. The predicted octanol–water partition coefficient (Wildman–Crippen LogP) is 3.66. The van der Waals surface area contributed by atoms with Gasteiger partial charge in [0.05, 0.1) is 10.7 Å². The molecule has 1 aromatic carbocycles. The molecule has 1 N–H and O–H groups in total. The molecule has 1 fully saturated rings. The van der Waals surface area contributed by atoms with E-state index in [2.05, 4.69) is 5.32 Å². The van der Waals surface area contributed by atoms with Crippen LogP contribution in [0.5, 0.6) is 0 Å². The summed E-state index contributed by atoms with van der Waals surface area (Å²) in [5.41, 5.74) is 1.03. The van der Waals surface area contributed by atoms with Gasteiger partial charge in [-0.2, -0.15) is 11.8 Å². The first kappa shape index (κ1) is 13.1. The lowest BCUT2D eigenvalue weighted by Crippen LogP contribution is -2.19. The number of nitrogens with one attached hydrogen (secondary N) is 1. The van der Waals surface area contributed by atoms with E-state index in [-0.39, 0.29) is 0 Å². The first-order valence-electron chi connectivity index (χ1n) is 6.04. The van der Waals surface area contributed by atoms with Crippen LogP contribution in [-0.4, -0.2) is 30.8 Å². The van der Waals surface area contributed by atoms with Crippen LogP contribution in [-0.2, 0) is 4.74 Å². The molecule has 0 aromatic heterocycles. The number of benzene rings is 1. The molecule has 0 bridgehead atoms. The van der Waals surface area contributed by atoms with Crippen LogP contribution in [0, 0.1) is 0 Å². The van der Waals surface area contributed by atoms with E-state index in [4.69, 9.17) is 16.3 Å². The molecule has 0 radical (unpaired) electrons. The van der Waals surface area contributed by atoms with Gasteiger partial charge in [-0.3, -0.25) is 0 Å². The Morgan fingerprint density at radius 2 is 2.06 bits per heavy atom. The summed E-state index contributed by atoms with van der Waals surface area (Å²) >= 11 is 8.10. The second-order valence-electron chi connectivity index (χ2n) is 4.09. The first-order chi connectivity index (χ1) is 8.36. The van der Waals surface area contributed by atoms with Crippen LogP contribution in [0.1, 0.15) is 12.8 Å². The van der Waals surface area contributed by atoms with Crippen LogP contribution in [0.4, 0.5) is 5.69 Å². The van der Waals surface area contributed by atoms with Crippen LogP contribution in [0.25, 0.3) is 0 Å². The molecule has 0 amide bonds. The molecule has 1 saturated heterocycles. The van der Waals surface area contributed by atoms with Gasteiger partial charge >= 0.3 is 0 Å². The fourth-order valence-electron chi connectivity index (χ4n) is 1.86. The largest absolute Gasteiger partial charge is 0.383 e. The van der Waals surface area contributed by atoms with Crippen LogP contribution < -0.4 is 5.32 Å². The average Bonchev–Trinajstić information content (AvgIpc) is 2.38. The highest BCUT2D eigenvalue weighted by atomic mass is 35.5. The topological polar surface area (TPSA) is 21.3 Å². The standard InChI is InChI=1S/C13H18ClNOS/c14-12-3-1-2-4-13(12)15-7-10-17-11-5-8-16-9-6-11/h1-4,11,15H,5-10H2. The Morgan fingerprint density at radius 1 is 1.29 bits per heavy atom. The molecule has 1 aliphatic rings. The van der Waals surface area contributed by atoms with Gasteiger partial charge in [0.1, 0.15) is 0 Å². The molecule has 1 aliphatic heterocycles. The summed E-state index contributed by atoms with van der Waals surface area (Å²) in [6.45, 7) is 2.82. The summed E-state index contributed by atoms with van der Waals surface area (Å²) in [7, 11) is 0. The van der Waals surface area contributed by atoms with Gasteiger partial charge in [0.25, 0.3) is 0 Å². The third kappa shape index (κ3) is 4.41. The van der Waals surface area contributed by atoms with Crippen molar-refractivity contribution in [3.8, 4) is 0 Å². The van der Waals surface area contributed by atoms with Crippen molar-refractivity contribution in [1.29, 1.82) is 0 Å². The van der Waals surface area contributed by atoms with Crippen molar-refractivity contribution in [3.63, 3.8) is 0 Å². The fourth-order valence-corrected chi connectivity index (χ4v) is 3.14.